The summed E-state index contributed by atoms with van der Waals surface area (Å²) in [5.41, 5.74) is 6.39. The summed E-state index contributed by atoms with van der Waals surface area (Å²) in [7, 11) is 1.44. The molecule has 1 aromatic rings. The van der Waals surface area contributed by atoms with Gasteiger partial charge in [-0.05, 0) is 12.1 Å². The quantitative estimate of drug-likeness (QED) is 0.670. The van der Waals surface area contributed by atoms with Gasteiger partial charge in [-0.1, -0.05) is 6.92 Å². The van der Waals surface area contributed by atoms with Crippen LogP contribution in [0.25, 0.3) is 0 Å². The number of nitrogens with one attached hydrogen (secondary N) is 1. The number of rotatable bonds is 5. The zero-order chi connectivity index (χ0) is 13.7. The Labute approximate surface area is 105 Å². The lowest BCUT2D eigenvalue weighted by atomic mass is 10.1. The number of hydrogen-bond donors (Lipinski definition) is 3. The first-order valence-electron chi connectivity index (χ1n) is 5.40. The maximum Gasteiger partial charge on any atom is 0.308 e. The molecule has 1 rings (SSSR count). The van der Waals surface area contributed by atoms with Gasteiger partial charge in [0.25, 0.3) is 5.91 Å². The topological polar surface area (TPSA) is 102 Å². The number of nitrogen functional groups attached to an aromatic ring is 1. The molecule has 0 radical (unpaired) electrons. The van der Waals surface area contributed by atoms with Gasteiger partial charge in [-0.3, -0.25) is 9.59 Å². The van der Waals surface area contributed by atoms with Crippen LogP contribution in [0.4, 0.5) is 5.69 Å². The van der Waals surface area contributed by atoms with Crippen molar-refractivity contribution in [3.63, 3.8) is 0 Å². The number of benzene rings is 1. The number of amides is 1. The predicted molar refractivity (Wildman–Crippen MR) is 66.5 cm³/mol. The van der Waals surface area contributed by atoms with Gasteiger partial charge in [0.2, 0.25) is 0 Å². The Morgan fingerprint density at radius 3 is 2.72 bits per heavy atom. The van der Waals surface area contributed by atoms with Crippen molar-refractivity contribution in [3.05, 3.63) is 23.8 Å². The fraction of sp³-hybridized carbons (Fsp3) is 0.333. The maximum atomic E-state index is 11.8. The van der Waals surface area contributed by atoms with Crippen LogP contribution in [-0.4, -0.2) is 30.6 Å². The molecule has 0 aliphatic heterocycles. The molecule has 4 N–H and O–H groups in total. The van der Waals surface area contributed by atoms with E-state index in [-0.39, 0.29) is 12.5 Å². The molecule has 6 heteroatoms. The van der Waals surface area contributed by atoms with Crippen LogP contribution < -0.4 is 15.8 Å². The number of ether oxygens (including phenoxy) is 1. The van der Waals surface area contributed by atoms with Crippen molar-refractivity contribution in [2.45, 2.75) is 6.92 Å². The molecule has 18 heavy (non-hydrogen) atoms. The third-order valence-electron chi connectivity index (χ3n) is 2.46. The third kappa shape index (κ3) is 3.38. The van der Waals surface area contributed by atoms with E-state index < -0.39 is 11.9 Å². The van der Waals surface area contributed by atoms with Gasteiger partial charge in [-0.2, -0.15) is 0 Å². The Morgan fingerprint density at radius 1 is 1.50 bits per heavy atom. The molecule has 1 aromatic carbocycles. The number of nitrogens with two attached hydrogens (primary N) is 1. The zero-order valence-electron chi connectivity index (χ0n) is 10.3. The molecule has 0 saturated carbocycles. The summed E-state index contributed by atoms with van der Waals surface area (Å²) < 4.78 is 5.04. The molecule has 98 valence electrons. The molecule has 6 nitrogen and oxygen atoms in total. The largest absolute Gasteiger partial charge is 0.496 e. The van der Waals surface area contributed by atoms with E-state index in [2.05, 4.69) is 5.32 Å². The van der Waals surface area contributed by atoms with Crippen molar-refractivity contribution in [2.24, 2.45) is 5.92 Å². The highest BCUT2D eigenvalue weighted by molar-refractivity contribution is 5.97. The second-order valence-electron chi connectivity index (χ2n) is 3.91. The summed E-state index contributed by atoms with van der Waals surface area (Å²) in [5, 5.41) is 11.2. The van der Waals surface area contributed by atoms with E-state index in [0.717, 1.165) is 0 Å². The SMILES string of the molecule is COc1cc(N)ccc1C(=O)NCC(C)C(=O)O. The van der Waals surface area contributed by atoms with E-state index in [1.54, 1.807) is 6.07 Å². The van der Waals surface area contributed by atoms with E-state index in [1.165, 1.54) is 26.2 Å². The normalized spacial score (nSPS) is 11.7. The van der Waals surface area contributed by atoms with Crippen LogP contribution in [0.1, 0.15) is 17.3 Å². The molecule has 0 aromatic heterocycles. The Kier molecular flexibility index (Phi) is 4.53. The number of aliphatic carboxylic acids is 1. The summed E-state index contributed by atoms with van der Waals surface area (Å²) >= 11 is 0. The van der Waals surface area contributed by atoms with Crippen molar-refractivity contribution in [1.82, 2.24) is 5.32 Å². The molecule has 1 unspecified atom stereocenters. The van der Waals surface area contributed by atoms with Crippen LogP contribution in [0.5, 0.6) is 5.75 Å². The smallest absolute Gasteiger partial charge is 0.308 e. The highest BCUT2D eigenvalue weighted by Crippen LogP contribution is 2.21. The summed E-state index contributed by atoms with van der Waals surface area (Å²) in [4.78, 5) is 22.5. The van der Waals surface area contributed by atoms with Gasteiger partial charge >= 0.3 is 5.97 Å². The highest BCUT2D eigenvalue weighted by Gasteiger charge is 2.15. The number of carboxylic acid groups (broad SMARTS) is 1. The summed E-state index contributed by atoms with van der Waals surface area (Å²) in [6, 6.07) is 4.66. The first kappa shape index (κ1) is 13.8. The fourth-order valence-electron chi connectivity index (χ4n) is 1.32. The molecular formula is C12H16N2O4. The molecule has 1 atom stereocenters. The lowest BCUT2D eigenvalue weighted by Gasteiger charge is -2.11. The van der Waals surface area contributed by atoms with Crippen LogP contribution in [0.3, 0.4) is 0 Å². The monoisotopic (exact) mass is 252 g/mol. The first-order chi connectivity index (χ1) is 8.45. The first-order valence-corrected chi connectivity index (χ1v) is 5.40. The van der Waals surface area contributed by atoms with Gasteiger partial charge in [0.05, 0.1) is 18.6 Å². The molecule has 0 bridgehead atoms. The van der Waals surface area contributed by atoms with E-state index in [1.807, 2.05) is 0 Å². The average molecular weight is 252 g/mol. The van der Waals surface area contributed by atoms with Gasteiger partial charge in [-0.15, -0.1) is 0 Å². The van der Waals surface area contributed by atoms with Gasteiger partial charge in [0.1, 0.15) is 5.75 Å². The molecule has 1 amide bonds. The van der Waals surface area contributed by atoms with Crippen molar-refractivity contribution in [2.75, 3.05) is 19.4 Å². The standard InChI is InChI=1S/C12H16N2O4/c1-7(12(16)17)6-14-11(15)9-4-3-8(13)5-10(9)18-2/h3-5,7H,6,13H2,1-2H3,(H,14,15)(H,16,17). The van der Waals surface area contributed by atoms with Gasteiger partial charge in [0, 0.05) is 18.3 Å². The van der Waals surface area contributed by atoms with E-state index >= 15 is 0 Å². The minimum absolute atomic E-state index is 0.0572. The Balaban J connectivity index is 2.75. The number of carboxylic acids is 1. The maximum absolute atomic E-state index is 11.8. The lowest BCUT2D eigenvalue weighted by Crippen LogP contribution is -2.31. The lowest BCUT2D eigenvalue weighted by molar-refractivity contribution is -0.140. The van der Waals surface area contributed by atoms with Gasteiger partial charge in [0.15, 0.2) is 0 Å². The predicted octanol–water partition coefficient (Wildman–Crippen LogP) is 0.728. The summed E-state index contributed by atoms with van der Waals surface area (Å²) in [6.45, 7) is 1.57. The Hall–Kier alpha value is -2.24. The third-order valence-corrected chi connectivity index (χ3v) is 2.46. The van der Waals surface area contributed by atoms with Crippen molar-refractivity contribution in [3.8, 4) is 5.75 Å². The Morgan fingerprint density at radius 2 is 2.17 bits per heavy atom. The number of anilines is 1. The van der Waals surface area contributed by atoms with E-state index in [9.17, 15) is 9.59 Å². The number of carbonyl (C=O) groups excluding carboxylic acids is 1. The van der Waals surface area contributed by atoms with Crippen LogP contribution in [0.2, 0.25) is 0 Å². The van der Waals surface area contributed by atoms with Crippen LogP contribution in [0.15, 0.2) is 18.2 Å². The number of carbonyl (C=O) groups is 2. The van der Waals surface area contributed by atoms with Gasteiger partial charge in [-0.25, -0.2) is 0 Å². The average Bonchev–Trinajstić information content (AvgIpc) is 2.34. The van der Waals surface area contributed by atoms with E-state index in [4.69, 9.17) is 15.6 Å². The zero-order valence-corrected chi connectivity index (χ0v) is 10.3. The van der Waals surface area contributed by atoms with Crippen LogP contribution in [-0.2, 0) is 4.79 Å². The summed E-state index contributed by atoms with van der Waals surface area (Å²) in [5.74, 6) is -1.64. The van der Waals surface area contributed by atoms with E-state index in [0.29, 0.717) is 17.0 Å². The van der Waals surface area contributed by atoms with Crippen LogP contribution >= 0.6 is 0 Å². The minimum Gasteiger partial charge on any atom is -0.496 e. The van der Waals surface area contributed by atoms with Crippen molar-refractivity contribution >= 4 is 17.6 Å². The Bertz CT molecular complexity index is 459. The molecular weight excluding hydrogens is 236 g/mol. The molecule has 0 heterocycles. The van der Waals surface area contributed by atoms with Gasteiger partial charge < -0.3 is 20.9 Å². The fourth-order valence-corrected chi connectivity index (χ4v) is 1.32. The number of hydrogen-bond acceptors (Lipinski definition) is 4. The second kappa shape index (κ2) is 5.90. The number of methoxy groups -OCH3 is 1. The minimum atomic E-state index is -0.959. The molecule has 0 fully saturated rings. The highest BCUT2D eigenvalue weighted by atomic mass is 16.5. The molecule has 0 spiro atoms. The van der Waals surface area contributed by atoms with Crippen LogP contribution in [0, 0.1) is 5.92 Å². The van der Waals surface area contributed by atoms with Crippen molar-refractivity contribution < 1.29 is 19.4 Å². The molecule has 0 saturated heterocycles. The summed E-state index contributed by atoms with van der Waals surface area (Å²) in [6.07, 6.45) is 0. The van der Waals surface area contributed by atoms with Crippen molar-refractivity contribution in [1.29, 1.82) is 0 Å². The molecule has 0 aliphatic rings. The molecule has 0 aliphatic carbocycles. The second-order valence-corrected chi connectivity index (χ2v) is 3.91.